The molecule has 11 heavy (non-hydrogen) atoms. The molecule has 0 radical (unpaired) electrons. The van der Waals surface area contributed by atoms with Gasteiger partial charge in [-0.3, -0.25) is 0 Å². The van der Waals surface area contributed by atoms with E-state index in [9.17, 15) is 0 Å². The van der Waals surface area contributed by atoms with Crippen molar-refractivity contribution in [3.05, 3.63) is 29.2 Å². The molecule has 4 heteroatoms. The Hall–Kier alpha value is -0.670. The highest BCUT2D eigenvalue weighted by Gasteiger charge is 2.05. The molecule has 56 valence electrons. The molecule has 0 aromatic carbocycles. The van der Waals surface area contributed by atoms with Crippen LogP contribution in [-0.4, -0.2) is 4.98 Å². The van der Waals surface area contributed by atoms with E-state index in [4.69, 9.17) is 11.6 Å². The van der Waals surface area contributed by atoms with Crippen molar-refractivity contribution in [2.45, 2.75) is 4.90 Å². The number of aromatic nitrogens is 1. The van der Waals surface area contributed by atoms with Crippen LogP contribution < -0.4 is 4.72 Å². The molecule has 2 nitrogen and oxygen atoms in total. The van der Waals surface area contributed by atoms with Gasteiger partial charge in [0.15, 0.2) is 0 Å². The van der Waals surface area contributed by atoms with Crippen LogP contribution >= 0.6 is 23.5 Å². The van der Waals surface area contributed by atoms with Crippen molar-refractivity contribution in [1.82, 2.24) is 9.71 Å². The molecule has 0 fully saturated rings. The van der Waals surface area contributed by atoms with E-state index in [1.54, 1.807) is 6.07 Å². The molecule has 0 unspecified atom stereocenters. The predicted molar refractivity (Wildman–Crippen MR) is 47.3 cm³/mol. The first-order valence-electron chi connectivity index (χ1n) is 3.12. The van der Waals surface area contributed by atoms with Gasteiger partial charge in [0.05, 0.1) is 10.6 Å². The topological polar surface area (TPSA) is 24.9 Å². The van der Waals surface area contributed by atoms with Crippen LogP contribution in [0, 0.1) is 0 Å². The van der Waals surface area contributed by atoms with Gasteiger partial charge in [0.2, 0.25) is 0 Å². The second-order valence-electron chi connectivity index (χ2n) is 2.07. The summed E-state index contributed by atoms with van der Waals surface area (Å²) < 4.78 is 3.01. The minimum absolute atomic E-state index is 0.538. The largest absolute Gasteiger partial charge is 0.332 e. The van der Waals surface area contributed by atoms with E-state index in [0.717, 1.165) is 10.6 Å². The summed E-state index contributed by atoms with van der Waals surface area (Å²) >= 11 is 7.24. The van der Waals surface area contributed by atoms with Crippen LogP contribution in [0.3, 0.4) is 0 Å². The van der Waals surface area contributed by atoms with Gasteiger partial charge in [-0.15, -0.1) is 0 Å². The van der Waals surface area contributed by atoms with E-state index in [1.807, 2.05) is 18.3 Å². The van der Waals surface area contributed by atoms with Crippen LogP contribution in [0.5, 0.6) is 0 Å². The first-order chi connectivity index (χ1) is 5.36. The first-order valence-corrected chi connectivity index (χ1v) is 4.31. The van der Waals surface area contributed by atoms with Crippen LogP contribution in [0.2, 0.25) is 5.15 Å². The summed E-state index contributed by atoms with van der Waals surface area (Å²) in [5.74, 6) is 0. The lowest BCUT2D eigenvalue weighted by Gasteiger charge is -2.08. The van der Waals surface area contributed by atoms with Gasteiger partial charge in [-0.1, -0.05) is 11.6 Å². The molecule has 0 saturated heterocycles. The highest BCUT2D eigenvalue weighted by atomic mass is 35.5. The summed E-state index contributed by atoms with van der Waals surface area (Å²) in [7, 11) is 0. The lowest BCUT2D eigenvalue weighted by Crippen LogP contribution is -1.99. The molecule has 0 spiro atoms. The van der Waals surface area contributed by atoms with Gasteiger partial charge in [-0.2, -0.15) is 0 Å². The van der Waals surface area contributed by atoms with E-state index in [-0.39, 0.29) is 0 Å². The van der Waals surface area contributed by atoms with Crippen molar-refractivity contribution in [3.8, 4) is 0 Å². The molecule has 1 N–H and O–H groups in total. The maximum atomic E-state index is 5.70. The summed E-state index contributed by atoms with van der Waals surface area (Å²) in [5.41, 5.74) is 0.932. The van der Waals surface area contributed by atoms with Crippen molar-refractivity contribution in [2.24, 2.45) is 0 Å². The Balaban J connectivity index is 2.54. The zero-order valence-electron chi connectivity index (χ0n) is 5.54. The van der Waals surface area contributed by atoms with Gasteiger partial charge in [0.25, 0.3) is 0 Å². The van der Waals surface area contributed by atoms with Gasteiger partial charge in [-0.25, -0.2) is 4.98 Å². The summed E-state index contributed by atoms with van der Waals surface area (Å²) in [6.07, 6.45) is 3.74. The third-order valence-corrected chi connectivity index (χ3v) is 2.36. The number of halogens is 1. The van der Waals surface area contributed by atoms with Crippen LogP contribution in [0.25, 0.3) is 6.08 Å². The van der Waals surface area contributed by atoms with Crippen molar-refractivity contribution in [1.29, 1.82) is 0 Å². The Labute approximate surface area is 73.8 Å². The molecule has 0 atom stereocenters. The Bertz CT molecular complexity index is 311. The number of hydrogen-bond donors (Lipinski definition) is 1. The lowest BCUT2D eigenvalue weighted by molar-refractivity contribution is 1.18. The smallest absolute Gasteiger partial charge is 0.129 e. The van der Waals surface area contributed by atoms with Gasteiger partial charge in [-0.05, 0) is 30.2 Å². The molecule has 0 amide bonds. The predicted octanol–water partition coefficient (Wildman–Crippen LogP) is 2.32. The van der Waals surface area contributed by atoms with Gasteiger partial charge in [0.1, 0.15) is 5.15 Å². The van der Waals surface area contributed by atoms with Crippen molar-refractivity contribution in [3.63, 3.8) is 0 Å². The average molecular weight is 185 g/mol. The Morgan fingerprint density at radius 1 is 1.45 bits per heavy atom. The van der Waals surface area contributed by atoms with E-state index in [1.165, 1.54) is 11.9 Å². The molecule has 2 rings (SSSR count). The number of rotatable bonds is 0. The summed E-state index contributed by atoms with van der Waals surface area (Å²) in [6.45, 7) is 0. The highest BCUT2D eigenvalue weighted by Crippen LogP contribution is 2.24. The standard InChI is InChI=1S/C7H5ClN2S/c8-7-2-1-6-5(10-7)3-4-9-11-6/h1-4,9H. The van der Waals surface area contributed by atoms with Crippen molar-refractivity contribution in [2.75, 3.05) is 0 Å². The second-order valence-corrected chi connectivity index (χ2v) is 3.34. The summed E-state index contributed by atoms with van der Waals surface area (Å²) in [5, 5.41) is 0.538. The number of nitrogens with zero attached hydrogens (tertiary/aromatic N) is 1. The second kappa shape index (κ2) is 2.75. The highest BCUT2D eigenvalue weighted by molar-refractivity contribution is 7.97. The number of pyridine rings is 1. The zero-order valence-corrected chi connectivity index (χ0v) is 7.12. The fraction of sp³-hybridized carbons (Fsp3) is 0. The Morgan fingerprint density at radius 3 is 3.27 bits per heavy atom. The number of nitrogens with one attached hydrogen (secondary N) is 1. The molecule has 1 aromatic rings. The van der Waals surface area contributed by atoms with Crippen LogP contribution in [0.1, 0.15) is 5.69 Å². The molecule has 2 heterocycles. The van der Waals surface area contributed by atoms with Gasteiger partial charge in [0, 0.05) is 6.20 Å². The van der Waals surface area contributed by atoms with Gasteiger partial charge >= 0.3 is 0 Å². The SMILES string of the molecule is Clc1ccc2c(n1)C=CNS2. The van der Waals surface area contributed by atoms with Crippen LogP contribution in [0.4, 0.5) is 0 Å². The number of hydrogen-bond acceptors (Lipinski definition) is 3. The fourth-order valence-electron chi connectivity index (χ4n) is 0.853. The molecule has 0 aliphatic carbocycles. The minimum Gasteiger partial charge on any atom is -0.332 e. The van der Waals surface area contributed by atoms with Crippen molar-refractivity contribution < 1.29 is 0 Å². The average Bonchev–Trinajstić information content (AvgIpc) is 2.04. The molecule has 1 aromatic heterocycles. The summed E-state index contributed by atoms with van der Waals surface area (Å²) in [6, 6.07) is 3.74. The normalized spacial score (nSPS) is 13.9. The lowest BCUT2D eigenvalue weighted by atomic mass is 10.3. The third-order valence-electron chi connectivity index (χ3n) is 1.33. The third kappa shape index (κ3) is 1.34. The molecular weight excluding hydrogens is 180 g/mol. The first kappa shape index (κ1) is 7.00. The van der Waals surface area contributed by atoms with Crippen LogP contribution in [-0.2, 0) is 0 Å². The van der Waals surface area contributed by atoms with E-state index in [2.05, 4.69) is 9.71 Å². The van der Waals surface area contributed by atoms with Gasteiger partial charge < -0.3 is 4.72 Å². The maximum absolute atomic E-state index is 5.70. The molecule has 1 aliphatic heterocycles. The monoisotopic (exact) mass is 184 g/mol. The maximum Gasteiger partial charge on any atom is 0.129 e. The molecular formula is C7H5ClN2S. The van der Waals surface area contributed by atoms with E-state index in [0.29, 0.717) is 5.15 Å². The van der Waals surface area contributed by atoms with E-state index < -0.39 is 0 Å². The fourth-order valence-corrected chi connectivity index (χ4v) is 1.62. The van der Waals surface area contributed by atoms with Crippen molar-refractivity contribution >= 4 is 29.6 Å². The quantitative estimate of drug-likeness (QED) is 0.495. The zero-order chi connectivity index (χ0) is 7.68. The minimum atomic E-state index is 0.538. The summed E-state index contributed by atoms with van der Waals surface area (Å²) in [4.78, 5) is 5.24. The van der Waals surface area contributed by atoms with E-state index >= 15 is 0 Å². The Kier molecular flexibility index (Phi) is 1.75. The van der Waals surface area contributed by atoms with Crippen LogP contribution in [0.15, 0.2) is 23.2 Å². The molecule has 1 aliphatic rings. The molecule has 0 saturated carbocycles. The Morgan fingerprint density at radius 2 is 2.36 bits per heavy atom. The number of fused-ring (bicyclic) bond motifs is 1. The molecule has 0 bridgehead atoms.